The molecule has 7 unspecified atom stereocenters. The molecule has 4 bridgehead atoms. The normalized spacial score (nSPS) is 33.1. The van der Waals surface area contributed by atoms with Crippen molar-refractivity contribution in [2.24, 2.45) is 35.0 Å². The van der Waals surface area contributed by atoms with E-state index in [2.05, 4.69) is 56.3 Å². The Morgan fingerprint density at radius 2 is 1.69 bits per heavy atom. The van der Waals surface area contributed by atoms with E-state index in [1.54, 1.807) is 0 Å². The molecule has 1 fully saturated rings. The standard InChI is InChI=1S/C35H48O2S2/c1-24-7-6-12-35(3,21-24)33-17-26-13-27-14-28(20-34(37)19-27)16-31-9-5-4-8-30(31)10-11-32(25(2)36)23-39-38-22-29(15-26)18-33/h4-6,8-9,12,14,19-20,24-26,29,32-33,36-37H,7,10-11,13,15-18,21-23H2,1-3H3. The summed E-state index contributed by atoms with van der Waals surface area (Å²) in [6.07, 6.45) is 15.1. The van der Waals surface area contributed by atoms with E-state index in [9.17, 15) is 10.2 Å². The molecule has 4 heteroatoms. The van der Waals surface area contributed by atoms with Crippen LogP contribution in [0.5, 0.6) is 5.75 Å². The summed E-state index contributed by atoms with van der Waals surface area (Å²) in [6.45, 7) is 6.91. The zero-order chi connectivity index (χ0) is 27.4. The van der Waals surface area contributed by atoms with Crippen molar-refractivity contribution in [1.29, 1.82) is 0 Å². The third-order valence-electron chi connectivity index (χ3n) is 9.87. The summed E-state index contributed by atoms with van der Waals surface area (Å²) in [7, 11) is 4.03. The first kappa shape index (κ1) is 29.1. The van der Waals surface area contributed by atoms with Crippen LogP contribution in [0.15, 0.2) is 54.6 Å². The molecule has 0 aromatic heterocycles. The molecular weight excluding hydrogens is 517 g/mol. The van der Waals surface area contributed by atoms with Gasteiger partial charge >= 0.3 is 0 Å². The van der Waals surface area contributed by atoms with E-state index >= 15 is 0 Å². The van der Waals surface area contributed by atoms with Crippen molar-refractivity contribution in [2.45, 2.75) is 84.7 Å². The van der Waals surface area contributed by atoms with Crippen LogP contribution >= 0.6 is 21.6 Å². The lowest BCUT2D eigenvalue weighted by molar-refractivity contribution is 0.0932. The van der Waals surface area contributed by atoms with E-state index in [4.69, 9.17) is 0 Å². The molecular formula is C35H48O2S2. The summed E-state index contributed by atoms with van der Waals surface area (Å²) in [5.41, 5.74) is 5.52. The minimum absolute atomic E-state index is 0.288. The zero-order valence-corrected chi connectivity index (χ0v) is 25.8. The second kappa shape index (κ2) is 13.1. The molecule has 0 saturated heterocycles. The van der Waals surface area contributed by atoms with Crippen LogP contribution in [0, 0.1) is 35.0 Å². The van der Waals surface area contributed by atoms with Gasteiger partial charge in [0.2, 0.25) is 0 Å². The molecule has 2 aromatic rings. The molecule has 2 aromatic carbocycles. The van der Waals surface area contributed by atoms with Crippen LogP contribution in [0.4, 0.5) is 0 Å². The predicted molar refractivity (Wildman–Crippen MR) is 169 cm³/mol. The SMILES string of the molecule is CC1CC=CC(C)(C2CC3CSSCC(C(C)O)CCc4ccccc4Cc4cc(O)cc(c4)CC(C3)C2)C1. The van der Waals surface area contributed by atoms with E-state index < -0.39 is 0 Å². The van der Waals surface area contributed by atoms with Gasteiger partial charge in [0.15, 0.2) is 0 Å². The summed E-state index contributed by atoms with van der Waals surface area (Å²) in [5.74, 6) is 5.80. The number of hydrogen-bond donors (Lipinski definition) is 2. The molecule has 3 aliphatic rings. The van der Waals surface area contributed by atoms with Crippen molar-refractivity contribution >= 4 is 21.6 Å². The molecule has 1 aliphatic heterocycles. The third-order valence-corrected chi connectivity index (χ3v) is 12.5. The first-order valence-corrected chi connectivity index (χ1v) is 17.7. The minimum atomic E-state index is -0.288. The maximum atomic E-state index is 10.7. The van der Waals surface area contributed by atoms with Gasteiger partial charge in [0.25, 0.3) is 0 Å². The lowest BCUT2D eigenvalue weighted by Gasteiger charge is -2.46. The Labute approximate surface area is 244 Å². The third kappa shape index (κ3) is 7.68. The fourth-order valence-electron chi connectivity index (χ4n) is 7.76. The first-order valence-electron chi connectivity index (χ1n) is 15.3. The fraction of sp³-hybridized carbons (Fsp3) is 0.600. The van der Waals surface area contributed by atoms with E-state index in [0.717, 1.165) is 49.2 Å². The lowest BCUT2D eigenvalue weighted by atomic mass is 9.60. The van der Waals surface area contributed by atoms with Crippen molar-refractivity contribution in [1.82, 2.24) is 0 Å². The number of aromatic hydroxyl groups is 1. The van der Waals surface area contributed by atoms with Crippen LogP contribution < -0.4 is 0 Å². The number of rotatable bonds is 2. The van der Waals surface area contributed by atoms with Gasteiger partial charge in [-0.15, -0.1) is 0 Å². The second-order valence-electron chi connectivity index (χ2n) is 13.4. The summed E-state index contributed by atoms with van der Waals surface area (Å²) >= 11 is 0. The number of benzene rings is 2. The van der Waals surface area contributed by atoms with Gasteiger partial charge in [0.05, 0.1) is 6.10 Å². The minimum Gasteiger partial charge on any atom is -0.508 e. The zero-order valence-electron chi connectivity index (χ0n) is 24.1. The summed E-state index contributed by atoms with van der Waals surface area (Å²) in [6, 6.07) is 15.1. The molecule has 0 spiro atoms. The van der Waals surface area contributed by atoms with Crippen molar-refractivity contribution in [3.8, 4) is 5.75 Å². The second-order valence-corrected chi connectivity index (χ2v) is 15.9. The number of phenols is 1. The van der Waals surface area contributed by atoms with Gasteiger partial charge in [-0.25, -0.2) is 0 Å². The van der Waals surface area contributed by atoms with Crippen LogP contribution in [0.2, 0.25) is 0 Å². The molecule has 212 valence electrons. The van der Waals surface area contributed by atoms with Crippen LogP contribution in [-0.4, -0.2) is 27.8 Å². The number of aryl methyl sites for hydroxylation is 1. The Bertz CT molecular complexity index is 1130. The maximum absolute atomic E-state index is 10.7. The van der Waals surface area contributed by atoms with E-state index in [1.165, 1.54) is 60.1 Å². The molecule has 2 N–H and O–H groups in total. The fourth-order valence-corrected chi connectivity index (χ4v) is 10.7. The van der Waals surface area contributed by atoms with Crippen LogP contribution in [0.25, 0.3) is 0 Å². The number of aliphatic hydroxyl groups excluding tert-OH is 1. The Kier molecular flexibility index (Phi) is 9.78. The maximum Gasteiger partial charge on any atom is 0.116 e. The average molecular weight is 565 g/mol. The Morgan fingerprint density at radius 1 is 0.949 bits per heavy atom. The monoisotopic (exact) mass is 564 g/mol. The summed E-state index contributed by atoms with van der Waals surface area (Å²) in [4.78, 5) is 0. The van der Waals surface area contributed by atoms with E-state index in [-0.39, 0.29) is 6.10 Å². The Morgan fingerprint density at radius 3 is 2.49 bits per heavy atom. The molecule has 1 saturated carbocycles. The quantitative estimate of drug-likeness (QED) is 0.282. The topological polar surface area (TPSA) is 40.5 Å². The molecule has 2 nitrogen and oxygen atoms in total. The molecule has 1 heterocycles. The highest BCUT2D eigenvalue weighted by Gasteiger charge is 2.40. The summed E-state index contributed by atoms with van der Waals surface area (Å²) in [5, 5.41) is 21.3. The van der Waals surface area contributed by atoms with Crippen LogP contribution in [0.1, 0.15) is 81.5 Å². The van der Waals surface area contributed by atoms with Crippen molar-refractivity contribution in [3.63, 3.8) is 0 Å². The smallest absolute Gasteiger partial charge is 0.116 e. The van der Waals surface area contributed by atoms with Crippen molar-refractivity contribution in [2.75, 3.05) is 11.5 Å². The molecule has 0 radical (unpaired) electrons. The highest BCUT2D eigenvalue weighted by molar-refractivity contribution is 8.76. The van der Waals surface area contributed by atoms with Crippen LogP contribution in [-0.2, 0) is 19.3 Å². The molecule has 39 heavy (non-hydrogen) atoms. The Hall–Kier alpha value is -1.36. The van der Waals surface area contributed by atoms with Crippen molar-refractivity contribution < 1.29 is 10.2 Å². The van der Waals surface area contributed by atoms with Gasteiger partial charge in [0.1, 0.15) is 5.75 Å². The lowest BCUT2D eigenvalue weighted by Crippen LogP contribution is -2.37. The van der Waals surface area contributed by atoms with Gasteiger partial charge in [-0.1, -0.05) is 77.9 Å². The van der Waals surface area contributed by atoms with Gasteiger partial charge in [-0.05, 0) is 134 Å². The van der Waals surface area contributed by atoms with Crippen LogP contribution in [0.3, 0.4) is 0 Å². The number of aliphatic hydroxyl groups is 1. The highest BCUT2D eigenvalue weighted by atomic mass is 33.1. The van der Waals surface area contributed by atoms with Gasteiger partial charge in [-0.2, -0.15) is 0 Å². The van der Waals surface area contributed by atoms with Gasteiger partial charge < -0.3 is 10.2 Å². The molecule has 5 rings (SSSR count). The average Bonchev–Trinajstić information content (AvgIpc) is 2.88. The highest BCUT2D eigenvalue weighted by Crippen LogP contribution is 2.50. The molecule has 7 atom stereocenters. The predicted octanol–water partition coefficient (Wildman–Crippen LogP) is 8.88. The number of hydrogen-bond acceptors (Lipinski definition) is 4. The van der Waals surface area contributed by atoms with E-state index in [0.29, 0.717) is 23.0 Å². The number of fused-ring (bicyclic) bond motifs is 5. The summed E-state index contributed by atoms with van der Waals surface area (Å²) < 4.78 is 0. The van der Waals surface area contributed by atoms with E-state index in [1.807, 2.05) is 40.6 Å². The van der Waals surface area contributed by atoms with Gasteiger partial charge in [0, 0.05) is 11.5 Å². The molecule has 0 amide bonds. The first-order chi connectivity index (χ1) is 18.8. The van der Waals surface area contributed by atoms with Gasteiger partial charge in [-0.3, -0.25) is 0 Å². The Balaban J connectivity index is 1.43. The largest absolute Gasteiger partial charge is 0.508 e. The molecule has 2 aliphatic carbocycles. The van der Waals surface area contributed by atoms with Crippen molar-refractivity contribution in [3.05, 3.63) is 76.9 Å². The number of allylic oxidation sites excluding steroid dienone is 2. The number of phenolic OH excluding ortho intramolecular Hbond substituents is 1.